The Labute approximate surface area is 196 Å². The Bertz CT molecular complexity index is 1070. The molecule has 0 spiro atoms. The minimum Gasteiger partial charge on any atom is -0.490 e. The first-order chi connectivity index (χ1) is 15.5. The largest absolute Gasteiger partial charge is 0.490 e. The van der Waals surface area contributed by atoms with Crippen LogP contribution >= 0.6 is 15.9 Å². The molecule has 0 saturated heterocycles. The van der Waals surface area contributed by atoms with Crippen molar-refractivity contribution in [3.05, 3.63) is 76.0 Å². The van der Waals surface area contributed by atoms with Gasteiger partial charge in [-0.1, -0.05) is 24.3 Å². The van der Waals surface area contributed by atoms with Crippen molar-refractivity contribution in [2.75, 3.05) is 13.2 Å². The Morgan fingerprint density at radius 1 is 1.00 bits per heavy atom. The number of nitrogens with zero attached hydrogens (tertiary/aromatic N) is 2. The van der Waals surface area contributed by atoms with E-state index in [0.29, 0.717) is 36.5 Å². The van der Waals surface area contributed by atoms with Crippen molar-refractivity contribution in [1.29, 1.82) is 0 Å². The third-order valence-corrected chi connectivity index (χ3v) is 5.23. The van der Waals surface area contributed by atoms with Gasteiger partial charge in [-0.3, -0.25) is 9.48 Å². The van der Waals surface area contributed by atoms with Crippen molar-refractivity contribution >= 4 is 27.8 Å². The second-order valence-electron chi connectivity index (χ2n) is 6.86. The van der Waals surface area contributed by atoms with Gasteiger partial charge in [0, 0.05) is 6.54 Å². The second kappa shape index (κ2) is 11.5. The zero-order valence-electron chi connectivity index (χ0n) is 18.5. The van der Waals surface area contributed by atoms with Crippen LogP contribution in [0.1, 0.15) is 42.4 Å². The Hall–Kier alpha value is -3.06. The van der Waals surface area contributed by atoms with Crippen LogP contribution in [0.3, 0.4) is 0 Å². The van der Waals surface area contributed by atoms with E-state index in [0.717, 1.165) is 28.4 Å². The summed E-state index contributed by atoms with van der Waals surface area (Å²) in [7, 11) is 0. The maximum Gasteiger partial charge on any atom is 0.205 e. The quantitative estimate of drug-likeness (QED) is 0.242. The lowest BCUT2D eigenvalue weighted by molar-refractivity contribution is 0.103. The highest BCUT2D eigenvalue weighted by atomic mass is 79.9. The van der Waals surface area contributed by atoms with Crippen LogP contribution in [0.5, 0.6) is 17.2 Å². The fourth-order valence-electron chi connectivity index (χ4n) is 3.13. The molecule has 7 heteroatoms. The van der Waals surface area contributed by atoms with Gasteiger partial charge < -0.3 is 14.2 Å². The highest BCUT2D eigenvalue weighted by Crippen LogP contribution is 2.29. The molecule has 0 aliphatic heterocycles. The van der Waals surface area contributed by atoms with Gasteiger partial charge in [-0.15, -0.1) is 0 Å². The predicted octanol–water partition coefficient (Wildman–Crippen LogP) is 5.94. The molecule has 0 amide bonds. The van der Waals surface area contributed by atoms with Gasteiger partial charge in [-0.05, 0) is 78.2 Å². The number of carbonyl (C=O) groups is 1. The number of allylic oxidation sites excluding steroid dienone is 1. The molecule has 0 bridgehead atoms. The SMILES string of the molecule is CCOc1ccc(COc2ccc(/C=C/C(=O)c3c(Br)cnn3CC)cc2)cc1OCC. The summed E-state index contributed by atoms with van der Waals surface area (Å²) in [5, 5.41) is 4.18. The van der Waals surface area contributed by atoms with E-state index >= 15 is 0 Å². The van der Waals surface area contributed by atoms with E-state index in [1.807, 2.05) is 63.2 Å². The molecule has 0 atom stereocenters. The molecule has 32 heavy (non-hydrogen) atoms. The molecule has 1 heterocycles. The number of carbonyl (C=O) groups excluding carboxylic acids is 1. The molecule has 2 aromatic carbocycles. The van der Waals surface area contributed by atoms with Crippen LogP contribution in [0.15, 0.2) is 59.2 Å². The highest BCUT2D eigenvalue weighted by Gasteiger charge is 2.13. The van der Waals surface area contributed by atoms with Crippen molar-refractivity contribution in [3.63, 3.8) is 0 Å². The van der Waals surface area contributed by atoms with Gasteiger partial charge in [0.2, 0.25) is 5.78 Å². The molecule has 168 valence electrons. The molecule has 0 fully saturated rings. The van der Waals surface area contributed by atoms with Crippen LogP contribution in [-0.2, 0) is 13.2 Å². The molecule has 0 aliphatic rings. The van der Waals surface area contributed by atoms with Gasteiger partial charge in [0.15, 0.2) is 11.5 Å². The van der Waals surface area contributed by atoms with E-state index in [9.17, 15) is 4.79 Å². The Morgan fingerprint density at radius 3 is 2.41 bits per heavy atom. The van der Waals surface area contributed by atoms with E-state index in [4.69, 9.17) is 14.2 Å². The number of rotatable bonds is 11. The van der Waals surface area contributed by atoms with Gasteiger partial charge in [-0.25, -0.2) is 0 Å². The topological polar surface area (TPSA) is 62.6 Å². The summed E-state index contributed by atoms with van der Waals surface area (Å²) in [6.45, 7) is 8.04. The van der Waals surface area contributed by atoms with Gasteiger partial charge in [-0.2, -0.15) is 5.10 Å². The first-order valence-corrected chi connectivity index (χ1v) is 11.4. The van der Waals surface area contributed by atoms with E-state index in [1.54, 1.807) is 23.0 Å². The fraction of sp³-hybridized carbons (Fsp3) is 0.280. The van der Waals surface area contributed by atoms with Gasteiger partial charge in [0.1, 0.15) is 18.1 Å². The molecule has 0 saturated carbocycles. The average molecular weight is 499 g/mol. The third kappa shape index (κ3) is 6.01. The summed E-state index contributed by atoms with van der Waals surface area (Å²) in [5.74, 6) is 2.10. The number of aromatic nitrogens is 2. The van der Waals surface area contributed by atoms with E-state index in [1.165, 1.54) is 0 Å². The standard InChI is InChI=1S/C25H27BrN2O4/c1-4-28-25(21(26)16-27-28)22(29)13-9-18-7-11-20(12-8-18)32-17-19-10-14-23(30-5-2)24(15-19)31-6-3/h7-16H,4-6,17H2,1-3H3/b13-9+. The van der Waals surface area contributed by atoms with E-state index in [-0.39, 0.29) is 5.78 Å². The zero-order chi connectivity index (χ0) is 22.9. The lowest BCUT2D eigenvalue weighted by Gasteiger charge is -2.13. The number of ether oxygens (including phenoxy) is 3. The number of benzene rings is 2. The lowest BCUT2D eigenvalue weighted by Crippen LogP contribution is -2.07. The molecular weight excluding hydrogens is 472 g/mol. The first-order valence-electron chi connectivity index (χ1n) is 10.6. The van der Waals surface area contributed by atoms with Gasteiger partial charge >= 0.3 is 0 Å². The number of aryl methyl sites for hydroxylation is 1. The predicted molar refractivity (Wildman–Crippen MR) is 129 cm³/mol. The minimum atomic E-state index is -0.0999. The van der Waals surface area contributed by atoms with Crippen molar-refractivity contribution in [2.45, 2.75) is 33.9 Å². The Balaban J connectivity index is 1.61. The smallest absolute Gasteiger partial charge is 0.205 e. The van der Waals surface area contributed by atoms with Crippen LogP contribution in [0.2, 0.25) is 0 Å². The molecule has 3 rings (SSSR count). The highest BCUT2D eigenvalue weighted by molar-refractivity contribution is 9.10. The molecule has 3 aromatic rings. The second-order valence-corrected chi connectivity index (χ2v) is 7.71. The Morgan fingerprint density at radius 2 is 1.72 bits per heavy atom. The molecular formula is C25H27BrN2O4. The first kappa shape index (κ1) is 23.6. The number of ketones is 1. The Kier molecular flexibility index (Phi) is 8.50. The number of hydrogen-bond donors (Lipinski definition) is 0. The summed E-state index contributed by atoms with van der Waals surface area (Å²) in [6, 6.07) is 13.4. The summed E-state index contributed by atoms with van der Waals surface area (Å²) in [4.78, 5) is 12.5. The number of hydrogen-bond acceptors (Lipinski definition) is 5. The van der Waals surface area contributed by atoms with Crippen molar-refractivity contribution in [2.24, 2.45) is 0 Å². The maximum atomic E-state index is 12.5. The third-order valence-electron chi connectivity index (χ3n) is 4.65. The monoisotopic (exact) mass is 498 g/mol. The summed E-state index contributed by atoms with van der Waals surface area (Å²) in [6.07, 6.45) is 4.98. The zero-order valence-corrected chi connectivity index (χ0v) is 20.1. The summed E-state index contributed by atoms with van der Waals surface area (Å²) < 4.78 is 19.5. The normalized spacial score (nSPS) is 11.0. The van der Waals surface area contributed by atoms with Crippen molar-refractivity contribution in [3.8, 4) is 17.2 Å². The van der Waals surface area contributed by atoms with Gasteiger partial charge in [0.05, 0.1) is 23.9 Å². The van der Waals surface area contributed by atoms with Crippen LogP contribution in [0, 0.1) is 0 Å². The molecule has 0 aliphatic carbocycles. The van der Waals surface area contributed by atoms with E-state index in [2.05, 4.69) is 21.0 Å². The lowest BCUT2D eigenvalue weighted by atomic mass is 10.1. The molecule has 0 N–H and O–H groups in total. The molecule has 0 unspecified atom stereocenters. The van der Waals surface area contributed by atoms with Crippen molar-refractivity contribution < 1.29 is 19.0 Å². The average Bonchev–Trinajstić information content (AvgIpc) is 3.19. The van der Waals surface area contributed by atoms with E-state index < -0.39 is 0 Å². The summed E-state index contributed by atoms with van der Waals surface area (Å²) in [5.41, 5.74) is 2.44. The fourth-order valence-corrected chi connectivity index (χ4v) is 3.62. The van der Waals surface area contributed by atoms with Crippen LogP contribution in [0.4, 0.5) is 0 Å². The van der Waals surface area contributed by atoms with Crippen LogP contribution in [-0.4, -0.2) is 28.8 Å². The molecule has 1 aromatic heterocycles. The van der Waals surface area contributed by atoms with Crippen LogP contribution in [0.25, 0.3) is 6.08 Å². The molecule has 6 nitrogen and oxygen atoms in total. The van der Waals surface area contributed by atoms with Crippen LogP contribution < -0.4 is 14.2 Å². The summed E-state index contributed by atoms with van der Waals surface area (Å²) >= 11 is 3.39. The minimum absolute atomic E-state index is 0.0999. The maximum absolute atomic E-state index is 12.5. The number of halogens is 1. The molecule has 0 radical (unpaired) electrons. The van der Waals surface area contributed by atoms with Crippen molar-refractivity contribution in [1.82, 2.24) is 9.78 Å². The van der Waals surface area contributed by atoms with Gasteiger partial charge in [0.25, 0.3) is 0 Å².